The van der Waals surface area contributed by atoms with E-state index < -0.39 is 5.92 Å². The van der Waals surface area contributed by atoms with Crippen molar-refractivity contribution in [1.82, 2.24) is 4.90 Å². The van der Waals surface area contributed by atoms with Crippen LogP contribution in [0.1, 0.15) is 17.9 Å². The van der Waals surface area contributed by atoms with Gasteiger partial charge in [0, 0.05) is 18.7 Å². The number of benzene rings is 1. The van der Waals surface area contributed by atoms with Crippen molar-refractivity contribution in [2.24, 2.45) is 5.92 Å². The summed E-state index contributed by atoms with van der Waals surface area (Å²) in [6.45, 7) is 0.982. The predicted molar refractivity (Wildman–Crippen MR) is 105 cm³/mol. The van der Waals surface area contributed by atoms with Crippen LogP contribution in [0.2, 0.25) is 0 Å². The van der Waals surface area contributed by atoms with Crippen LogP contribution in [0.15, 0.2) is 69.9 Å². The molecule has 1 atom stereocenters. The SMILES string of the molecule is COc1ccc(N2C[C@H](C(=O)N(Cc3ccco3)Cc3ccco3)CC2=O)cc1. The van der Waals surface area contributed by atoms with E-state index in [9.17, 15) is 9.59 Å². The number of hydrogen-bond acceptors (Lipinski definition) is 5. The van der Waals surface area contributed by atoms with E-state index in [0.717, 1.165) is 11.4 Å². The molecule has 1 aromatic carbocycles. The predicted octanol–water partition coefficient (Wildman–Crippen LogP) is 3.46. The number of rotatable bonds is 7. The molecule has 0 spiro atoms. The Labute approximate surface area is 168 Å². The Morgan fingerprint density at radius 3 is 2.21 bits per heavy atom. The van der Waals surface area contributed by atoms with Gasteiger partial charge >= 0.3 is 0 Å². The number of ether oxygens (including phenoxy) is 1. The average Bonchev–Trinajstić information content (AvgIpc) is 3.50. The molecule has 1 aliphatic heterocycles. The summed E-state index contributed by atoms with van der Waals surface area (Å²) in [4.78, 5) is 29.2. The number of methoxy groups -OCH3 is 1. The fourth-order valence-electron chi connectivity index (χ4n) is 3.54. The molecule has 2 aromatic heterocycles. The van der Waals surface area contributed by atoms with E-state index in [1.54, 1.807) is 53.7 Å². The number of nitrogens with zero attached hydrogens (tertiary/aromatic N) is 2. The van der Waals surface area contributed by atoms with Crippen LogP contribution in [-0.2, 0) is 22.7 Å². The molecule has 7 nitrogen and oxygen atoms in total. The van der Waals surface area contributed by atoms with Crippen LogP contribution in [0, 0.1) is 5.92 Å². The van der Waals surface area contributed by atoms with Gasteiger partial charge in [-0.3, -0.25) is 9.59 Å². The van der Waals surface area contributed by atoms with Crippen molar-refractivity contribution < 1.29 is 23.2 Å². The lowest BCUT2D eigenvalue weighted by molar-refractivity contribution is -0.137. The Bertz CT molecular complexity index is 912. The first-order valence-electron chi connectivity index (χ1n) is 9.42. The van der Waals surface area contributed by atoms with Gasteiger partial charge in [-0.2, -0.15) is 0 Å². The number of hydrogen-bond donors (Lipinski definition) is 0. The smallest absolute Gasteiger partial charge is 0.228 e. The van der Waals surface area contributed by atoms with Crippen LogP contribution in [0.25, 0.3) is 0 Å². The minimum absolute atomic E-state index is 0.0653. The maximum absolute atomic E-state index is 13.3. The Hall–Kier alpha value is -3.48. The van der Waals surface area contributed by atoms with Crippen molar-refractivity contribution in [3.05, 3.63) is 72.6 Å². The van der Waals surface area contributed by atoms with Gasteiger partial charge in [0.2, 0.25) is 11.8 Å². The van der Waals surface area contributed by atoms with Crippen LogP contribution in [-0.4, -0.2) is 30.4 Å². The number of furan rings is 2. The zero-order chi connectivity index (χ0) is 20.2. The van der Waals surface area contributed by atoms with Crippen LogP contribution < -0.4 is 9.64 Å². The summed E-state index contributed by atoms with van der Waals surface area (Å²) < 4.78 is 16.0. The van der Waals surface area contributed by atoms with Crippen LogP contribution in [0.5, 0.6) is 5.75 Å². The molecule has 0 radical (unpaired) electrons. The highest BCUT2D eigenvalue weighted by molar-refractivity contribution is 6.00. The van der Waals surface area contributed by atoms with Gasteiger partial charge < -0.3 is 23.4 Å². The monoisotopic (exact) mass is 394 g/mol. The Balaban J connectivity index is 1.50. The molecule has 1 fully saturated rings. The molecule has 7 heteroatoms. The second kappa shape index (κ2) is 8.26. The molecule has 0 unspecified atom stereocenters. The molecule has 3 aromatic rings. The van der Waals surface area contributed by atoms with E-state index in [4.69, 9.17) is 13.6 Å². The van der Waals surface area contributed by atoms with E-state index in [1.165, 1.54) is 0 Å². The zero-order valence-electron chi connectivity index (χ0n) is 16.1. The molecule has 1 aliphatic rings. The highest BCUT2D eigenvalue weighted by atomic mass is 16.5. The minimum Gasteiger partial charge on any atom is -0.497 e. The molecule has 3 heterocycles. The molecule has 4 rings (SSSR count). The summed E-state index contributed by atoms with van der Waals surface area (Å²) in [7, 11) is 1.59. The molecule has 0 bridgehead atoms. The maximum Gasteiger partial charge on any atom is 0.228 e. The summed E-state index contributed by atoms with van der Waals surface area (Å²) in [5.74, 6) is 1.50. The average molecular weight is 394 g/mol. The van der Waals surface area contributed by atoms with Gasteiger partial charge in [-0.05, 0) is 48.5 Å². The standard InChI is InChI=1S/C22H22N2O5/c1-27-18-8-6-17(7-9-18)24-13-16(12-21(24)25)22(26)23(14-19-4-2-10-28-19)15-20-5-3-11-29-20/h2-11,16H,12-15H2,1H3/t16-/m1/s1. The fraction of sp³-hybridized carbons (Fsp3) is 0.273. The fourth-order valence-corrected chi connectivity index (χ4v) is 3.54. The number of amides is 2. The Morgan fingerprint density at radius 1 is 1.07 bits per heavy atom. The summed E-state index contributed by atoms with van der Waals surface area (Å²) in [5.41, 5.74) is 0.759. The molecule has 0 aliphatic carbocycles. The molecular formula is C22H22N2O5. The largest absolute Gasteiger partial charge is 0.497 e. The number of carbonyl (C=O) groups excluding carboxylic acids is 2. The first-order valence-corrected chi connectivity index (χ1v) is 9.42. The molecule has 150 valence electrons. The quantitative estimate of drug-likeness (QED) is 0.613. The van der Waals surface area contributed by atoms with Crippen molar-refractivity contribution >= 4 is 17.5 Å². The minimum atomic E-state index is -0.422. The first kappa shape index (κ1) is 18.9. The summed E-state index contributed by atoms with van der Waals surface area (Å²) >= 11 is 0. The first-order chi connectivity index (χ1) is 14.1. The van der Waals surface area contributed by atoms with Crippen LogP contribution in [0.3, 0.4) is 0 Å². The lowest BCUT2D eigenvalue weighted by Crippen LogP contribution is -2.36. The third-order valence-corrected chi connectivity index (χ3v) is 5.02. The second-order valence-electron chi connectivity index (χ2n) is 6.96. The zero-order valence-corrected chi connectivity index (χ0v) is 16.1. The van der Waals surface area contributed by atoms with E-state index in [1.807, 2.05) is 24.3 Å². The summed E-state index contributed by atoms with van der Waals surface area (Å²) in [6, 6.07) is 14.5. The highest BCUT2D eigenvalue weighted by Gasteiger charge is 2.37. The molecule has 29 heavy (non-hydrogen) atoms. The second-order valence-corrected chi connectivity index (χ2v) is 6.96. The van der Waals surface area contributed by atoms with Crippen LogP contribution in [0.4, 0.5) is 5.69 Å². The number of anilines is 1. The van der Waals surface area contributed by atoms with E-state index in [0.29, 0.717) is 31.2 Å². The molecule has 1 saturated heterocycles. The molecular weight excluding hydrogens is 372 g/mol. The summed E-state index contributed by atoms with van der Waals surface area (Å²) in [6.07, 6.45) is 3.34. The summed E-state index contributed by atoms with van der Waals surface area (Å²) in [5, 5.41) is 0. The lowest BCUT2D eigenvalue weighted by atomic mass is 10.1. The topological polar surface area (TPSA) is 76.1 Å². The van der Waals surface area contributed by atoms with Crippen molar-refractivity contribution in [2.75, 3.05) is 18.6 Å². The van der Waals surface area contributed by atoms with Gasteiger partial charge in [-0.15, -0.1) is 0 Å². The van der Waals surface area contributed by atoms with Crippen molar-refractivity contribution in [1.29, 1.82) is 0 Å². The third kappa shape index (κ3) is 4.18. The Kier molecular flexibility index (Phi) is 5.37. The van der Waals surface area contributed by atoms with Crippen molar-refractivity contribution in [3.8, 4) is 5.75 Å². The van der Waals surface area contributed by atoms with E-state index in [2.05, 4.69) is 0 Å². The van der Waals surface area contributed by atoms with E-state index >= 15 is 0 Å². The Morgan fingerprint density at radius 2 is 1.69 bits per heavy atom. The third-order valence-electron chi connectivity index (χ3n) is 5.02. The highest BCUT2D eigenvalue weighted by Crippen LogP contribution is 2.28. The molecule has 0 N–H and O–H groups in total. The van der Waals surface area contributed by atoms with E-state index in [-0.39, 0.29) is 18.2 Å². The van der Waals surface area contributed by atoms with Gasteiger partial charge in [0.15, 0.2) is 0 Å². The van der Waals surface area contributed by atoms with Crippen LogP contribution >= 0.6 is 0 Å². The van der Waals surface area contributed by atoms with Gasteiger partial charge in [0.05, 0.1) is 38.6 Å². The van der Waals surface area contributed by atoms with Gasteiger partial charge in [-0.25, -0.2) is 0 Å². The van der Waals surface area contributed by atoms with Gasteiger partial charge in [0.1, 0.15) is 17.3 Å². The maximum atomic E-state index is 13.3. The van der Waals surface area contributed by atoms with Crippen molar-refractivity contribution in [3.63, 3.8) is 0 Å². The normalized spacial score (nSPS) is 16.2. The van der Waals surface area contributed by atoms with Crippen molar-refractivity contribution in [2.45, 2.75) is 19.5 Å². The number of carbonyl (C=O) groups is 2. The van der Waals surface area contributed by atoms with Gasteiger partial charge in [-0.1, -0.05) is 0 Å². The molecule has 2 amide bonds. The van der Waals surface area contributed by atoms with Gasteiger partial charge in [0.25, 0.3) is 0 Å². The lowest BCUT2D eigenvalue weighted by Gasteiger charge is -2.24. The molecule has 0 saturated carbocycles.